The summed E-state index contributed by atoms with van der Waals surface area (Å²) in [6.45, 7) is 4.87. The summed E-state index contributed by atoms with van der Waals surface area (Å²) < 4.78 is 46.0. The number of alkyl halides is 3. The first kappa shape index (κ1) is 24.7. The third kappa shape index (κ3) is 5.30. The summed E-state index contributed by atoms with van der Waals surface area (Å²) in [5, 5.41) is 14.6. The molecule has 0 saturated carbocycles. The van der Waals surface area contributed by atoms with Crippen molar-refractivity contribution in [3.63, 3.8) is 0 Å². The van der Waals surface area contributed by atoms with E-state index in [0.717, 1.165) is 39.1 Å². The fraction of sp³-hybridized carbons (Fsp3) is 0.231. The molecular weight excluding hydrogens is 477 g/mol. The summed E-state index contributed by atoms with van der Waals surface area (Å²) >= 11 is 1.61. The molecule has 0 aliphatic carbocycles. The summed E-state index contributed by atoms with van der Waals surface area (Å²) in [5.41, 5.74) is 1.19. The van der Waals surface area contributed by atoms with Crippen molar-refractivity contribution in [1.82, 2.24) is 9.78 Å². The van der Waals surface area contributed by atoms with E-state index in [9.17, 15) is 23.1 Å². The maximum atomic E-state index is 12.9. The summed E-state index contributed by atoms with van der Waals surface area (Å²) in [6.07, 6.45) is -2.66. The summed E-state index contributed by atoms with van der Waals surface area (Å²) in [7, 11) is 0. The van der Waals surface area contributed by atoms with Crippen LogP contribution in [0.25, 0.3) is 16.6 Å². The second-order valence-corrected chi connectivity index (χ2v) is 9.63. The van der Waals surface area contributed by atoms with E-state index in [1.165, 1.54) is 26.0 Å². The van der Waals surface area contributed by atoms with E-state index in [2.05, 4.69) is 5.10 Å². The van der Waals surface area contributed by atoms with Crippen molar-refractivity contribution in [3.05, 3.63) is 83.6 Å². The molecule has 0 spiro atoms. The van der Waals surface area contributed by atoms with Crippen LogP contribution in [-0.4, -0.2) is 26.5 Å². The van der Waals surface area contributed by atoms with Crippen LogP contribution in [0.2, 0.25) is 0 Å². The molecule has 1 heterocycles. The topological polar surface area (TPSA) is 64.4 Å². The number of carbonyl (C=O) groups is 1. The Bertz CT molecular complexity index is 1380. The Morgan fingerprint density at radius 1 is 1.09 bits per heavy atom. The molecule has 0 radical (unpaired) electrons. The molecular formula is C26H23F3N2O3S. The molecule has 0 unspecified atom stereocenters. The van der Waals surface area contributed by atoms with Crippen LogP contribution in [0.5, 0.6) is 5.75 Å². The van der Waals surface area contributed by atoms with E-state index in [1.54, 1.807) is 28.7 Å². The summed E-state index contributed by atoms with van der Waals surface area (Å²) in [4.78, 5) is 12.3. The van der Waals surface area contributed by atoms with E-state index in [0.29, 0.717) is 17.2 Å². The number of thioether (sulfide) groups is 1. The number of ether oxygens (including phenoxy) is 1. The van der Waals surface area contributed by atoms with Gasteiger partial charge in [0.25, 0.3) is 0 Å². The van der Waals surface area contributed by atoms with Crippen LogP contribution >= 0.6 is 11.8 Å². The summed E-state index contributed by atoms with van der Waals surface area (Å²) in [6, 6.07) is 16.3. The molecule has 0 atom stereocenters. The molecule has 9 heteroatoms. The number of carboxylic acid groups (broad SMARTS) is 1. The fourth-order valence-electron chi connectivity index (χ4n) is 3.54. The number of carboxylic acids is 1. The third-order valence-corrected chi connectivity index (χ3v) is 6.61. The summed E-state index contributed by atoms with van der Waals surface area (Å²) in [5.74, 6) is 0.123. The highest BCUT2D eigenvalue weighted by Gasteiger charge is 2.30. The molecule has 0 fully saturated rings. The number of hydrogen-bond donors (Lipinski definition) is 1. The van der Waals surface area contributed by atoms with Gasteiger partial charge in [-0.2, -0.15) is 18.3 Å². The van der Waals surface area contributed by atoms with Crippen molar-refractivity contribution < 1.29 is 27.8 Å². The zero-order valence-corrected chi connectivity index (χ0v) is 20.1. The predicted molar refractivity (Wildman–Crippen MR) is 129 cm³/mol. The van der Waals surface area contributed by atoms with Crippen LogP contribution < -0.4 is 4.74 Å². The molecule has 1 N–H and O–H groups in total. The van der Waals surface area contributed by atoms with Crippen LogP contribution in [0, 0.1) is 6.92 Å². The standard InChI is InChI=1S/C26H23F3N2O3S/c1-16-13-20(11-12-23(16)34-25(2,3)24(32)33)35-15-17-5-4-6-22-21(17)14-30-31(22)19-9-7-18(8-10-19)26(27,28)29/h4-14H,15H2,1-3H3,(H,32,33). The average Bonchev–Trinajstić information content (AvgIpc) is 3.23. The third-order valence-electron chi connectivity index (χ3n) is 5.56. The van der Waals surface area contributed by atoms with Gasteiger partial charge in [-0.3, -0.25) is 0 Å². The number of aromatic nitrogens is 2. The second kappa shape index (κ2) is 9.30. The van der Waals surface area contributed by atoms with Crippen molar-refractivity contribution in [3.8, 4) is 11.4 Å². The van der Waals surface area contributed by atoms with E-state index >= 15 is 0 Å². The zero-order chi connectivity index (χ0) is 25.4. The van der Waals surface area contributed by atoms with Gasteiger partial charge >= 0.3 is 12.1 Å². The SMILES string of the molecule is Cc1cc(SCc2cccc3c2cnn3-c2ccc(C(F)(F)F)cc2)ccc1OC(C)(C)C(=O)O. The lowest BCUT2D eigenvalue weighted by Crippen LogP contribution is -2.38. The minimum Gasteiger partial charge on any atom is -0.478 e. The first-order valence-corrected chi connectivity index (χ1v) is 11.7. The fourth-order valence-corrected chi connectivity index (χ4v) is 4.54. The Balaban J connectivity index is 1.53. The van der Waals surface area contributed by atoms with Gasteiger partial charge in [0.1, 0.15) is 5.75 Å². The normalized spacial score (nSPS) is 12.2. The van der Waals surface area contributed by atoms with Gasteiger partial charge in [0.15, 0.2) is 5.60 Å². The van der Waals surface area contributed by atoms with Crippen LogP contribution in [0.1, 0.15) is 30.5 Å². The molecule has 0 amide bonds. The van der Waals surface area contributed by atoms with Crippen LogP contribution in [0.3, 0.4) is 0 Å². The number of fused-ring (bicyclic) bond motifs is 1. The molecule has 0 saturated heterocycles. The molecule has 3 aromatic carbocycles. The van der Waals surface area contributed by atoms with Gasteiger partial charge in [0.05, 0.1) is 23.0 Å². The quantitative estimate of drug-likeness (QED) is 0.280. The minimum absolute atomic E-state index is 0.515. The maximum Gasteiger partial charge on any atom is 0.416 e. The molecule has 182 valence electrons. The Hall–Kier alpha value is -3.46. The molecule has 1 aromatic heterocycles. The van der Waals surface area contributed by atoms with Gasteiger partial charge in [0, 0.05) is 16.0 Å². The second-order valence-electron chi connectivity index (χ2n) is 8.58. The molecule has 0 bridgehead atoms. The number of nitrogens with zero attached hydrogens (tertiary/aromatic N) is 2. The lowest BCUT2D eigenvalue weighted by Gasteiger charge is -2.23. The molecule has 4 rings (SSSR count). The zero-order valence-electron chi connectivity index (χ0n) is 19.3. The van der Waals surface area contributed by atoms with Crippen molar-refractivity contribution >= 4 is 28.6 Å². The molecule has 5 nitrogen and oxygen atoms in total. The van der Waals surface area contributed by atoms with Crippen LogP contribution in [0.4, 0.5) is 13.2 Å². The van der Waals surface area contributed by atoms with E-state index < -0.39 is 23.3 Å². The first-order chi connectivity index (χ1) is 16.5. The predicted octanol–water partition coefficient (Wildman–Crippen LogP) is 6.89. The first-order valence-electron chi connectivity index (χ1n) is 10.7. The largest absolute Gasteiger partial charge is 0.478 e. The van der Waals surface area contributed by atoms with Gasteiger partial charge < -0.3 is 9.84 Å². The average molecular weight is 501 g/mol. The van der Waals surface area contributed by atoms with E-state index in [-0.39, 0.29) is 0 Å². The number of aryl methyl sites for hydroxylation is 1. The highest BCUT2D eigenvalue weighted by molar-refractivity contribution is 7.98. The van der Waals surface area contributed by atoms with Gasteiger partial charge in [-0.25, -0.2) is 9.48 Å². The number of rotatable bonds is 7. The number of aliphatic carboxylic acids is 1. The Labute approximate surface area is 204 Å². The smallest absolute Gasteiger partial charge is 0.416 e. The lowest BCUT2D eigenvalue weighted by molar-refractivity contribution is -0.152. The Morgan fingerprint density at radius 2 is 1.80 bits per heavy atom. The van der Waals surface area contributed by atoms with Gasteiger partial charge in [-0.05, 0) is 80.4 Å². The number of benzene rings is 3. The molecule has 0 aliphatic heterocycles. The maximum absolute atomic E-state index is 12.9. The van der Waals surface area contributed by atoms with E-state index in [1.807, 2.05) is 37.3 Å². The van der Waals surface area contributed by atoms with Crippen LogP contribution in [0.15, 0.2) is 71.8 Å². The Morgan fingerprint density at radius 3 is 2.43 bits per heavy atom. The Kier molecular flexibility index (Phi) is 6.55. The van der Waals surface area contributed by atoms with Gasteiger partial charge in [-0.1, -0.05) is 12.1 Å². The van der Waals surface area contributed by atoms with Gasteiger partial charge in [0.2, 0.25) is 0 Å². The van der Waals surface area contributed by atoms with Crippen molar-refractivity contribution in [2.24, 2.45) is 0 Å². The van der Waals surface area contributed by atoms with Crippen molar-refractivity contribution in [2.75, 3.05) is 0 Å². The minimum atomic E-state index is -4.38. The number of halogens is 3. The lowest BCUT2D eigenvalue weighted by atomic mass is 10.1. The molecule has 0 aliphatic rings. The monoisotopic (exact) mass is 500 g/mol. The molecule has 35 heavy (non-hydrogen) atoms. The van der Waals surface area contributed by atoms with E-state index in [4.69, 9.17) is 4.74 Å². The van der Waals surface area contributed by atoms with Crippen molar-refractivity contribution in [2.45, 2.75) is 43.2 Å². The highest BCUT2D eigenvalue weighted by Crippen LogP contribution is 2.33. The number of hydrogen-bond acceptors (Lipinski definition) is 4. The molecule has 4 aromatic rings. The van der Waals surface area contributed by atoms with Crippen LogP contribution in [-0.2, 0) is 16.7 Å². The van der Waals surface area contributed by atoms with Gasteiger partial charge in [-0.15, -0.1) is 11.8 Å². The highest BCUT2D eigenvalue weighted by atomic mass is 32.2. The van der Waals surface area contributed by atoms with Crippen molar-refractivity contribution in [1.29, 1.82) is 0 Å².